The molecular weight excluding hydrogens is 529 g/mol. The zero-order valence-corrected chi connectivity index (χ0v) is 21.7. The summed E-state index contributed by atoms with van der Waals surface area (Å²) in [5.74, 6) is -1.14. The van der Waals surface area contributed by atoms with Crippen molar-refractivity contribution in [2.45, 2.75) is 31.9 Å². The number of carboxylic acid groups (broad SMARTS) is 1. The van der Waals surface area contributed by atoms with Crippen molar-refractivity contribution in [1.29, 1.82) is 0 Å². The summed E-state index contributed by atoms with van der Waals surface area (Å²) in [6.45, 7) is -0.111. The SMILES string of the molecule is COc1cc(/C=C(\CCc2cc(N)cc(N)c2)C(=O)O)ccc1OC(=O)c1ccc(OCCCC(F)(F)F)cc1. The Labute approximate surface area is 229 Å². The number of aliphatic carboxylic acids is 1. The number of hydrogen-bond acceptors (Lipinski definition) is 7. The minimum atomic E-state index is -4.24. The number of rotatable bonds is 12. The molecule has 0 aliphatic carbocycles. The highest BCUT2D eigenvalue weighted by Gasteiger charge is 2.26. The molecule has 0 spiro atoms. The Bertz CT molecular complexity index is 1350. The minimum Gasteiger partial charge on any atom is -0.494 e. The van der Waals surface area contributed by atoms with Crippen LogP contribution in [0.25, 0.3) is 6.08 Å². The monoisotopic (exact) mass is 558 g/mol. The molecule has 0 saturated heterocycles. The average molecular weight is 559 g/mol. The molecule has 0 unspecified atom stereocenters. The van der Waals surface area contributed by atoms with Gasteiger partial charge in [0, 0.05) is 23.4 Å². The molecule has 212 valence electrons. The van der Waals surface area contributed by atoms with Gasteiger partial charge in [0.15, 0.2) is 11.5 Å². The number of nitrogen functional groups attached to an aromatic ring is 2. The molecule has 0 aromatic heterocycles. The lowest BCUT2D eigenvalue weighted by Crippen LogP contribution is -2.10. The number of carboxylic acids is 1. The first-order valence-corrected chi connectivity index (χ1v) is 12.2. The largest absolute Gasteiger partial charge is 0.494 e. The van der Waals surface area contributed by atoms with Crippen molar-refractivity contribution < 1.29 is 42.1 Å². The van der Waals surface area contributed by atoms with Gasteiger partial charge in [-0.15, -0.1) is 0 Å². The lowest BCUT2D eigenvalue weighted by Gasteiger charge is -2.11. The third kappa shape index (κ3) is 9.26. The third-order valence-electron chi connectivity index (χ3n) is 5.69. The zero-order valence-electron chi connectivity index (χ0n) is 21.7. The van der Waals surface area contributed by atoms with Crippen LogP contribution >= 0.6 is 0 Å². The van der Waals surface area contributed by atoms with Gasteiger partial charge in [-0.2, -0.15) is 13.2 Å². The van der Waals surface area contributed by atoms with Crippen molar-refractivity contribution in [2.24, 2.45) is 0 Å². The lowest BCUT2D eigenvalue weighted by atomic mass is 10.0. The van der Waals surface area contributed by atoms with E-state index in [1.165, 1.54) is 43.5 Å². The van der Waals surface area contributed by atoms with Crippen LogP contribution in [0.15, 0.2) is 66.2 Å². The second-order valence-corrected chi connectivity index (χ2v) is 8.87. The van der Waals surface area contributed by atoms with E-state index in [1.807, 2.05) is 0 Å². The molecule has 0 atom stereocenters. The van der Waals surface area contributed by atoms with Crippen LogP contribution < -0.4 is 25.7 Å². The molecular formula is C29H29F3N2O6. The predicted octanol–water partition coefficient (Wildman–Crippen LogP) is 5.90. The average Bonchev–Trinajstić information content (AvgIpc) is 2.88. The summed E-state index contributed by atoms with van der Waals surface area (Å²) in [5, 5.41) is 9.69. The van der Waals surface area contributed by atoms with Gasteiger partial charge in [0.05, 0.1) is 19.3 Å². The highest BCUT2D eigenvalue weighted by molar-refractivity contribution is 5.93. The Morgan fingerprint density at radius 1 is 0.950 bits per heavy atom. The number of carbonyl (C=O) groups excluding carboxylic acids is 1. The minimum absolute atomic E-state index is 0.111. The number of aryl methyl sites for hydroxylation is 1. The van der Waals surface area contributed by atoms with Crippen LogP contribution in [-0.2, 0) is 11.2 Å². The molecule has 5 N–H and O–H groups in total. The highest BCUT2D eigenvalue weighted by atomic mass is 19.4. The van der Waals surface area contributed by atoms with E-state index in [9.17, 15) is 27.9 Å². The maximum atomic E-state index is 12.6. The first kappa shape index (κ1) is 29.9. The summed E-state index contributed by atoms with van der Waals surface area (Å²) in [6, 6.07) is 15.5. The van der Waals surface area contributed by atoms with E-state index >= 15 is 0 Å². The van der Waals surface area contributed by atoms with Gasteiger partial charge in [0.2, 0.25) is 0 Å². The summed E-state index contributed by atoms with van der Waals surface area (Å²) < 4.78 is 52.7. The number of anilines is 2. The van der Waals surface area contributed by atoms with Gasteiger partial charge in [-0.05, 0) is 91.1 Å². The first-order valence-electron chi connectivity index (χ1n) is 12.2. The van der Waals surface area contributed by atoms with Crippen LogP contribution in [-0.4, -0.2) is 36.9 Å². The van der Waals surface area contributed by atoms with Gasteiger partial charge in [-0.3, -0.25) is 0 Å². The van der Waals surface area contributed by atoms with E-state index in [4.69, 9.17) is 25.7 Å². The normalized spacial score (nSPS) is 11.7. The Kier molecular flexibility index (Phi) is 10.0. The number of ether oxygens (including phenoxy) is 3. The molecule has 0 aliphatic heterocycles. The molecule has 0 heterocycles. The molecule has 3 aromatic carbocycles. The summed E-state index contributed by atoms with van der Waals surface area (Å²) in [7, 11) is 1.38. The van der Waals surface area contributed by atoms with Gasteiger partial charge < -0.3 is 30.8 Å². The van der Waals surface area contributed by atoms with E-state index < -0.39 is 24.5 Å². The molecule has 0 aliphatic rings. The Hall–Kier alpha value is -4.67. The fourth-order valence-electron chi connectivity index (χ4n) is 3.78. The summed E-state index contributed by atoms with van der Waals surface area (Å²) in [4.78, 5) is 24.5. The number of halogens is 3. The van der Waals surface area contributed by atoms with E-state index in [0.717, 1.165) is 5.56 Å². The predicted molar refractivity (Wildman–Crippen MR) is 144 cm³/mol. The smallest absolute Gasteiger partial charge is 0.389 e. The fourth-order valence-corrected chi connectivity index (χ4v) is 3.78. The van der Waals surface area contributed by atoms with Crippen LogP contribution in [0.3, 0.4) is 0 Å². The Balaban J connectivity index is 1.65. The molecule has 11 heteroatoms. The number of methoxy groups -OCH3 is 1. The number of nitrogens with two attached hydrogens (primary N) is 2. The number of benzene rings is 3. The van der Waals surface area contributed by atoms with Crippen LogP contribution in [0.2, 0.25) is 0 Å². The van der Waals surface area contributed by atoms with Gasteiger partial charge in [-0.25, -0.2) is 9.59 Å². The Morgan fingerprint density at radius 2 is 1.62 bits per heavy atom. The molecule has 40 heavy (non-hydrogen) atoms. The molecule has 0 bridgehead atoms. The van der Waals surface area contributed by atoms with Crippen molar-refractivity contribution in [1.82, 2.24) is 0 Å². The van der Waals surface area contributed by atoms with E-state index in [1.54, 1.807) is 30.3 Å². The van der Waals surface area contributed by atoms with Crippen LogP contribution in [0, 0.1) is 0 Å². The fraction of sp³-hybridized carbons (Fsp3) is 0.241. The lowest BCUT2D eigenvalue weighted by molar-refractivity contribution is -0.136. The quantitative estimate of drug-likeness (QED) is 0.0822. The molecule has 0 amide bonds. The first-order chi connectivity index (χ1) is 18.9. The van der Waals surface area contributed by atoms with Crippen molar-refractivity contribution in [3.63, 3.8) is 0 Å². The molecule has 0 fully saturated rings. The van der Waals surface area contributed by atoms with Gasteiger partial charge in [0.25, 0.3) is 0 Å². The van der Waals surface area contributed by atoms with Crippen molar-refractivity contribution in [2.75, 3.05) is 25.2 Å². The summed E-state index contributed by atoms with van der Waals surface area (Å²) >= 11 is 0. The highest BCUT2D eigenvalue weighted by Crippen LogP contribution is 2.30. The van der Waals surface area contributed by atoms with Crippen LogP contribution in [0.1, 0.15) is 40.7 Å². The molecule has 3 rings (SSSR count). The van der Waals surface area contributed by atoms with Crippen LogP contribution in [0.4, 0.5) is 24.5 Å². The maximum absolute atomic E-state index is 12.6. The zero-order chi connectivity index (χ0) is 29.3. The maximum Gasteiger partial charge on any atom is 0.389 e. The second kappa shape index (κ2) is 13.4. The van der Waals surface area contributed by atoms with Gasteiger partial charge in [0.1, 0.15) is 5.75 Å². The molecule has 0 radical (unpaired) electrons. The van der Waals surface area contributed by atoms with E-state index in [-0.39, 0.29) is 42.1 Å². The number of alkyl halides is 3. The molecule has 3 aromatic rings. The topological polar surface area (TPSA) is 134 Å². The van der Waals surface area contributed by atoms with Gasteiger partial charge >= 0.3 is 18.1 Å². The number of carbonyl (C=O) groups is 2. The summed E-state index contributed by atoms with van der Waals surface area (Å²) in [6.07, 6.45) is -3.22. The van der Waals surface area contributed by atoms with E-state index in [2.05, 4.69) is 0 Å². The summed E-state index contributed by atoms with van der Waals surface area (Å²) in [5.41, 5.74) is 14.3. The molecule has 8 nitrogen and oxygen atoms in total. The second-order valence-electron chi connectivity index (χ2n) is 8.87. The van der Waals surface area contributed by atoms with Crippen molar-refractivity contribution in [3.8, 4) is 17.2 Å². The Morgan fingerprint density at radius 3 is 2.23 bits per heavy atom. The third-order valence-corrected chi connectivity index (χ3v) is 5.69. The van der Waals surface area contributed by atoms with Gasteiger partial charge in [-0.1, -0.05) is 6.07 Å². The van der Waals surface area contributed by atoms with Crippen LogP contribution in [0.5, 0.6) is 17.2 Å². The van der Waals surface area contributed by atoms with Crippen molar-refractivity contribution in [3.05, 3.63) is 82.9 Å². The van der Waals surface area contributed by atoms with E-state index in [0.29, 0.717) is 29.1 Å². The van der Waals surface area contributed by atoms with Crippen molar-refractivity contribution >= 4 is 29.4 Å². The number of hydrogen-bond donors (Lipinski definition) is 3. The standard InChI is InChI=1S/C29H29F3N2O6/c1-38-26-16-18(13-21(27(35)36)5-3-19-14-22(33)17-23(34)15-19)4-10-25(26)40-28(37)20-6-8-24(9-7-20)39-12-2-11-29(30,31)32/h4,6-10,13-17H,2-3,5,11-12,33-34H2,1H3,(H,35,36)/b21-13+. The molecule has 0 saturated carbocycles. The number of esters is 1.